The quantitative estimate of drug-likeness (QED) is 0.792. The van der Waals surface area contributed by atoms with Gasteiger partial charge in [0, 0.05) is 29.0 Å². The van der Waals surface area contributed by atoms with Crippen LogP contribution in [-0.4, -0.2) is 24.9 Å². The molecule has 132 valence electrons. The van der Waals surface area contributed by atoms with Gasteiger partial charge in [0.25, 0.3) is 5.91 Å². The number of benzene rings is 2. The fourth-order valence-corrected chi connectivity index (χ4v) is 3.61. The Kier molecular flexibility index (Phi) is 5.53. The maximum absolute atomic E-state index is 12.6. The van der Waals surface area contributed by atoms with Gasteiger partial charge in [-0.2, -0.15) is 0 Å². The minimum Gasteiger partial charge on any atom is -0.494 e. The van der Waals surface area contributed by atoms with Crippen LogP contribution in [0.3, 0.4) is 0 Å². The number of ether oxygens (including phenoxy) is 2. The van der Waals surface area contributed by atoms with Crippen molar-refractivity contribution in [2.45, 2.75) is 37.8 Å². The maximum Gasteiger partial charge on any atom is 0.252 e. The summed E-state index contributed by atoms with van der Waals surface area (Å²) in [7, 11) is 0. The second kappa shape index (κ2) is 7.83. The SMILES string of the molecule is CCOc1cc2c(cc1CNC(=O)c1ccccc1SC)O[C@H](C)C2. The van der Waals surface area contributed by atoms with Crippen LogP contribution in [0.1, 0.15) is 35.3 Å². The molecule has 4 nitrogen and oxygen atoms in total. The molecular weight excluding hydrogens is 334 g/mol. The second-order valence-electron chi connectivity index (χ2n) is 6.02. The fourth-order valence-electron chi connectivity index (χ4n) is 3.01. The molecule has 1 amide bonds. The zero-order chi connectivity index (χ0) is 17.8. The van der Waals surface area contributed by atoms with Crippen LogP contribution in [0.4, 0.5) is 0 Å². The van der Waals surface area contributed by atoms with Crippen molar-refractivity contribution in [3.63, 3.8) is 0 Å². The van der Waals surface area contributed by atoms with Crippen LogP contribution >= 0.6 is 11.8 Å². The number of fused-ring (bicyclic) bond motifs is 1. The van der Waals surface area contributed by atoms with Gasteiger partial charge < -0.3 is 14.8 Å². The topological polar surface area (TPSA) is 47.6 Å². The Bertz CT molecular complexity index is 776. The van der Waals surface area contributed by atoms with E-state index in [9.17, 15) is 4.79 Å². The van der Waals surface area contributed by atoms with E-state index in [2.05, 4.69) is 12.2 Å². The van der Waals surface area contributed by atoms with Crippen LogP contribution in [0.25, 0.3) is 0 Å². The lowest BCUT2D eigenvalue weighted by Crippen LogP contribution is -2.23. The van der Waals surface area contributed by atoms with E-state index in [-0.39, 0.29) is 12.0 Å². The van der Waals surface area contributed by atoms with Crippen molar-refractivity contribution in [1.29, 1.82) is 0 Å². The Hall–Kier alpha value is -2.14. The molecule has 3 rings (SSSR count). The first-order chi connectivity index (χ1) is 12.1. The zero-order valence-corrected chi connectivity index (χ0v) is 15.6. The molecule has 0 aromatic heterocycles. The van der Waals surface area contributed by atoms with E-state index in [1.165, 1.54) is 5.56 Å². The Balaban J connectivity index is 1.78. The normalized spacial score (nSPS) is 15.4. The lowest BCUT2D eigenvalue weighted by atomic mass is 10.1. The Morgan fingerprint density at radius 3 is 2.92 bits per heavy atom. The third-order valence-corrected chi connectivity index (χ3v) is 4.97. The first-order valence-electron chi connectivity index (χ1n) is 8.48. The molecule has 0 bridgehead atoms. The highest BCUT2D eigenvalue weighted by Crippen LogP contribution is 2.35. The largest absolute Gasteiger partial charge is 0.494 e. The minimum absolute atomic E-state index is 0.0813. The first kappa shape index (κ1) is 17.7. The lowest BCUT2D eigenvalue weighted by molar-refractivity contribution is 0.0947. The van der Waals surface area contributed by atoms with Crippen molar-refractivity contribution in [2.75, 3.05) is 12.9 Å². The van der Waals surface area contributed by atoms with Gasteiger partial charge in [0.15, 0.2) is 0 Å². The molecule has 1 atom stereocenters. The first-order valence-corrected chi connectivity index (χ1v) is 9.71. The molecule has 1 aliphatic rings. The number of hydrogen-bond acceptors (Lipinski definition) is 4. The smallest absolute Gasteiger partial charge is 0.252 e. The highest BCUT2D eigenvalue weighted by Gasteiger charge is 2.22. The van der Waals surface area contributed by atoms with E-state index in [0.717, 1.165) is 28.4 Å². The molecule has 5 heteroatoms. The van der Waals surface area contributed by atoms with Gasteiger partial charge in [0.2, 0.25) is 0 Å². The van der Waals surface area contributed by atoms with E-state index in [1.54, 1.807) is 11.8 Å². The van der Waals surface area contributed by atoms with Gasteiger partial charge in [-0.1, -0.05) is 12.1 Å². The average molecular weight is 357 g/mol. The molecule has 0 aliphatic carbocycles. The van der Waals surface area contributed by atoms with E-state index >= 15 is 0 Å². The molecule has 0 fully saturated rings. The molecule has 0 unspecified atom stereocenters. The van der Waals surface area contributed by atoms with Crippen molar-refractivity contribution in [3.8, 4) is 11.5 Å². The second-order valence-corrected chi connectivity index (χ2v) is 6.86. The van der Waals surface area contributed by atoms with Crippen LogP contribution in [0.15, 0.2) is 41.3 Å². The van der Waals surface area contributed by atoms with Crippen molar-refractivity contribution >= 4 is 17.7 Å². The molecule has 1 heterocycles. The van der Waals surface area contributed by atoms with Crippen LogP contribution in [0.5, 0.6) is 11.5 Å². The molecule has 0 radical (unpaired) electrons. The van der Waals surface area contributed by atoms with Gasteiger partial charge >= 0.3 is 0 Å². The number of rotatable bonds is 6. The summed E-state index contributed by atoms with van der Waals surface area (Å²) in [6.07, 6.45) is 3.05. The molecule has 25 heavy (non-hydrogen) atoms. The molecule has 0 saturated carbocycles. The van der Waals surface area contributed by atoms with Crippen LogP contribution in [0.2, 0.25) is 0 Å². The predicted octanol–water partition coefficient (Wildman–Crippen LogP) is 4.06. The lowest BCUT2D eigenvalue weighted by Gasteiger charge is -2.14. The van der Waals surface area contributed by atoms with Gasteiger partial charge in [-0.25, -0.2) is 0 Å². The molecule has 2 aromatic carbocycles. The third-order valence-electron chi connectivity index (χ3n) is 4.17. The Morgan fingerprint density at radius 2 is 2.16 bits per heavy atom. The number of nitrogens with one attached hydrogen (secondary N) is 1. The van der Waals surface area contributed by atoms with Gasteiger partial charge in [-0.3, -0.25) is 4.79 Å². The molecular formula is C20H23NO3S. The number of thioether (sulfide) groups is 1. The molecule has 0 saturated heterocycles. The number of amides is 1. The summed E-state index contributed by atoms with van der Waals surface area (Å²) >= 11 is 1.57. The summed E-state index contributed by atoms with van der Waals surface area (Å²) in [5.74, 6) is 1.63. The van der Waals surface area contributed by atoms with E-state index in [1.807, 2.05) is 49.6 Å². The van der Waals surface area contributed by atoms with Crippen molar-refractivity contribution in [2.24, 2.45) is 0 Å². The number of hydrogen-bond donors (Lipinski definition) is 1. The van der Waals surface area contributed by atoms with Crippen LogP contribution < -0.4 is 14.8 Å². The monoisotopic (exact) mass is 357 g/mol. The zero-order valence-electron chi connectivity index (χ0n) is 14.8. The molecule has 1 N–H and O–H groups in total. The average Bonchev–Trinajstić information content (AvgIpc) is 2.98. The van der Waals surface area contributed by atoms with Gasteiger partial charge in [0.1, 0.15) is 17.6 Å². The highest BCUT2D eigenvalue weighted by atomic mass is 32.2. The fraction of sp³-hybridized carbons (Fsp3) is 0.350. The summed E-state index contributed by atoms with van der Waals surface area (Å²) in [6, 6.07) is 11.7. The maximum atomic E-state index is 12.6. The Morgan fingerprint density at radius 1 is 1.36 bits per heavy atom. The van der Waals surface area contributed by atoms with Crippen LogP contribution in [-0.2, 0) is 13.0 Å². The highest BCUT2D eigenvalue weighted by molar-refractivity contribution is 7.98. The molecule has 0 spiro atoms. The van der Waals surface area contributed by atoms with Crippen molar-refractivity contribution < 1.29 is 14.3 Å². The minimum atomic E-state index is -0.0813. The summed E-state index contributed by atoms with van der Waals surface area (Å²) in [4.78, 5) is 13.5. The van der Waals surface area contributed by atoms with E-state index in [4.69, 9.17) is 9.47 Å². The molecule has 2 aromatic rings. The Labute approximate surface area is 152 Å². The van der Waals surface area contributed by atoms with Crippen LogP contribution in [0, 0.1) is 0 Å². The van der Waals surface area contributed by atoms with E-state index in [0.29, 0.717) is 18.7 Å². The summed E-state index contributed by atoms with van der Waals surface area (Å²) in [5.41, 5.74) is 2.79. The van der Waals surface area contributed by atoms with Crippen molar-refractivity contribution in [1.82, 2.24) is 5.32 Å². The van der Waals surface area contributed by atoms with Gasteiger partial charge in [-0.15, -0.1) is 11.8 Å². The third kappa shape index (κ3) is 3.93. The standard InChI is InChI=1S/C20H23NO3S/c1-4-23-17-10-14-9-13(2)24-18(14)11-15(17)12-21-20(22)16-7-5-6-8-19(16)25-3/h5-8,10-11,13H,4,9,12H2,1-3H3,(H,21,22)/t13-/m1/s1. The summed E-state index contributed by atoms with van der Waals surface area (Å²) in [6.45, 7) is 5.01. The van der Waals surface area contributed by atoms with Gasteiger partial charge in [-0.05, 0) is 44.4 Å². The van der Waals surface area contributed by atoms with E-state index < -0.39 is 0 Å². The van der Waals surface area contributed by atoms with Crippen molar-refractivity contribution in [3.05, 3.63) is 53.1 Å². The predicted molar refractivity (Wildman–Crippen MR) is 101 cm³/mol. The van der Waals surface area contributed by atoms with Gasteiger partial charge in [0.05, 0.1) is 12.2 Å². The summed E-state index contributed by atoms with van der Waals surface area (Å²) in [5, 5.41) is 3.00. The molecule has 1 aliphatic heterocycles. The summed E-state index contributed by atoms with van der Waals surface area (Å²) < 4.78 is 11.6. The number of carbonyl (C=O) groups is 1. The number of carbonyl (C=O) groups excluding carboxylic acids is 1.